The third kappa shape index (κ3) is 1.50. The van der Waals surface area contributed by atoms with Gasteiger partial charge in [-0.2, -0.15) is 0 Å². The SMILES string of the molecule is CC(C)N1C[C@@H](C)[C@H](N)C1. The third-order valence-corrected chi connectivity index (χ3v) is 2.43. The Hall–Kier alpha value is -0.0800. The van der Waals surface area contributed by atoms with E-state index in [0.29, 0.717) is 18.0 Å². The molecule has 1 saturated heterocycles. The highest BCUT2D eigenvalue weighted by Gasteiger charge is 2.27. The number of likely N-dealkylation sites (tertiary alicyclic amines) is 1. The van der Waals surface area contributed by atoms with Gasteiger partial charge < -0.3 is 5.73 Å². The van der Waals surface area contributed by atoms with Crippen molar-refractivity contribution < 1.29 is 0 Å². The first-order valence-corrected chi connectivity index (χ1v) is 4.11. The molecule has 0 saturated carbocycles. The van der Waals surface area contributed by atoms with Crippen LogP contribution in [0.1, 0.15) is 20.8 Å². The van der Waals surface area contributed by atoms with Gasteiger partial charge in [-0.1, -0.05) is 6.92 Å². The highest BCUT2D eigenvalue weighted by atomic mass is 15.2. The molecule has 0 unspecified atom stereocenters. The molecule has 1 aliphatic rings. The van der Waals surface area contributed by atoms with Crippen LogP contribution in [0.5, 0.6) is 0 Å². The van der Waals surface area contributed by atoms with E-state index in [0.717, 1.165) is 6.54 Å². The van der Waals surface area contributed by atoms with Crippen LogP contribution in [0.4, 0.5) is 0 Å². The number of nitrogens with zero attached hydrogens (tertiary/aromatic N) is 1. The maximum absolute atomic E-state index is 5.86. The molecule has 2 N–H and O–H groups in total. The Bertz CT molecular complexity index is 102. The second-order valence-corrected chi connectivity index (χ2v) is 3.69. The topological polar surface area (TPSA) is 29.3 Å². The van der Waals surface area contributed by atoms with Crippen LogP contribution in [-0.4, -0.2) is 30.1 Å². The summed E-state index contributed by atoms with van der Waals surface area (Å²) in [5, 5.41) is 0. The average molecular weight is 142 g/mol. The van der Waals surface area contributed by atoms with Crippen LogP contribution in [0.3, 0.4) is 0 Å². The molecule has 0 bridgehead atoms. The van der Waals surface area contributed by atoms with E-state index in [9.17, 15) is 0 Å². The molecule has 2 atom stereocenters. The summed E-state index contributed by atoms with van der Waals surface area (Å²) in [6.07, 6.45) is 0. The molecule has 1 aliphatic heterocycles. The van der Waals surface area contributed by atoms with E-state index in [1.807, 2.05) is 0 Å². The fourth-order valence-corrected chi connectivity index (χ4v) is 1.45. The minimum Gasteiger partial charge on any atom is -0.326 e. The average Bonchev–Trinajstić information content (AvgIpc) is 2.13. The number of hydrogen-bond acceptors (Lipinski definition) is 2. The summed E-state index contributed by atoms with van der Waals surface area (Å²) in [5.74, 6) is 0.683. The summed E-state index contributed by atoms with van der Waals surface area (Å²) in [7, 11) is 0. The van der Waals surface area contributed by atoms with Crippen molar-refractivity contribution in [3.05, 3.63) is 0 Å². The quantitative estimate of drug-likeness (QED) is 0.583. The van der Waals surface area contributed by atoms with Crippen molar-refractivity contribution in [3.63, 3.8) is 0 Å². The van der Waals surface area contributed by atoms with E-state index in [4.69, 9.17) is 5.73 Å². The largest absolute Gasteiger partial charge is 0.326 e. The molecule has 0 aliphatic carbocycles. The predicted molar refractivity (Wildman–Crippen MR) is 43.8 cm³/mol. The summed E-state index contributed by atoms with van der Waals surface area (Å²) < 4.78 is 0. The fraction of sp³-hybridized carbons (Fsp3) is 1.00. The highest BCUT2D eigenvalue weighted by Crippen LogP contribution is 2.16. The van der Waals surface area contributed by atoms with Crippen LogP contribution in [0.25, 0.3) is 0 Å². The van der Waals surface area contributed by atoms with E-state index in [1.165, 1.54) is 6.54 Å². The van der Waals surface area contributed by atoms with Crippen LogP contribution in [0.2, 0.25) is 0 Å². The van der Waals surface area contributed by atoms with Crippen molar-refractivity contribution in [2.24, 2.45) is 11.7 Å². The van der Waals surface area contributed by atoms with Gasteiger partial charge in [0.2, 0.25) is 0 Å². The maximum Gasteiger partial charge on any atom is 0.0206 e. The van der Waals surface area contributed by atoms with Crippen LogP contribution in [0, 0.1) is 5.92 Å². The summed E-state index contributed by atoms with van der Waals surface area (Å²) in [5.41, 5.74) is 5.86. The smallest absolute Gasteiger partial charge is 0.0206 e. The van der Waals surface area contributed by atoms with Gasteiger partial charge in [-0.25, -0.2) is 0 Å². The third-order valence-electron chi connectivity index (χ3n) is 2.43. The molecule has 0 amide bonds. The molecular formula is C8H18N2. The summed E-state index contributed by atoms with van der Waals surface area (Å²) >= 11 is 0. The molecule has 1 heterocycles. The molecule has 2 heteroatoms. The van der Waals surface area contributed by atoms with Gasteiger partial charge in [0.1, 0.15) is 0 Å². The molecule has 0 aromatic carbocycles. The van der Waals surface area contributed by atoms with Crippen molar-refractivity contribution in [1.29, 1.82) is 0 Å². The van der Waals surface area contributed by atoms with Crippen molar-refractivity contribution in [2.75, 3.05) is 13.1 Å². The van der Waals surface area contributed by atoms with Crippen LogP contribution < -0.4 is 5.73 Å². The van der Waals surface area contributed by atoms with E-state index < -0.39 is 0 Å². The first-order valence-electron chi connectivity index (χ1n) is 4.11. The molecular weight excluding hydrogens is 124 g/mol. The Labute approximate surface area is 63.4 Å². The zero-order valence-corrected chi connectivity index (χ0v) is 7.17. The van der Waals surface area contributed by atoms with Crippen molar-refractivity contribution in [3.8, 4) is 0 Å². The molecule has 2 nitrogen and oxygen atoms in total. The molecule has 0 aromatic rings. The maximum atomic E-state index is 5.86. The molecule has 0 spiro atoms. The van der Waals surface area contributed by atoms with Gasteiger partial charge in [0.15, 0.2) is 0 Å². The van der Waals surface area contributed by atoms with Gasteiger partial charge in [0.25, 0.3) is 0 Å². The zero-order valence-electron chi connectivity index (χ0n) is 7.17. The minimum atomic E-state index is 0.405. The summed E-state index contributed by atoms with van der Waals surface area (Å²) in [6.45, 7) is 8.94. The Morgan fingerprint density at radius 3 is 2.20 bits per heavy atom. The van der Waals surface area contributed by atoms with Crippen LogP contribution in [0.15, 0.2) is 0 Å². The highest BCUT2D eigenvalue weighted by molar-refractivity contribution is 4.85. The minimum absolute atomic E-state index is 0.405. The molecule has 1 fully saturated rings. The van der Waals surface area contributed by atoms with E-state index in [1.54, 1.807) is 0 Å². The van der Waals surface area contributed by atoms with Gasteiger partial charge in [-0.05, 0) is 19.8 Å². The Kier molecular flexibility index (Phi) is 2.32. The second kappa shape index (κ2) is 2.89. The number of nitrogens with two attached hydrogens (primary N) is 1. The molecule has 1 rings (SSSR count). The lowest BCUT2D eigenvalue weighted by atomic mass is 10.1. The predicted octanol–water partition coefficient (Wildman–Crippen LogP) is 0.674. The monoisotopic (exact) mass is 142 g/mol. The van der Waals surface area contributed by atoms with Gasteiger partial charge in [0.05, 0.1) is 0 Å². The zero-order chi connectivity index (χ0) is 7.72. The summed E-state index contributed by atoms with van der Waals surface area (Å²) in [4.78, 5) is 2.44. The van der Waals surface area contributed by atoms with E-state index >= 15 is 0 Å². The standard InChI is InChI=1S/C8H18N2/c1-6(2)10-4-7(3)8(9)5-10/h6-8H,4-5,9H2,1-3H3/t7-,8-/m1/s1. The Morgan fingerprint density at radius 1 is 1.40 bits per heavy atom. The first-order chi connectivity index (χ1) is 4.61. The lowest BCUT2D eigenvalue weighted by Crippen LogP contribution is -2.31. The van der Waals surface area contributed by atoms with Crippen molar-refractivity contribution >= 4 is 0 Å². The summed E-state index contributed by atoms with van der Waals surface area (Å²) in [6, 6.07) is 1.07. The van der Waals surface area contributed by atoms with Gasteiger partial charge >= 0.3 is 0 Å². The van der Waals surface area contributed by atoms with Gasteiger partial charge in [-0.15, -0.1) is 0 Å². The van der Waals surface area contributed by atoms with E-state index in [-0.39, 0.29) is 0 Å². The number of hydrogen-bond donors (Lipinski definition) is 1. The molecule has 0 radical (unpaired) electrons. The normalized spacial score (nSPS) is 35.7. The van der Waals surface area contributed by atoms with Crippen LogP contribution in [-0.2, 0) is 0 Å². The van der Waals surface area contributed by atoms with E-state index in [2.05, 4.69) is 25.7 Å². The van der Waals surface area contributed by atoms with Crippen molar-refractivity contribution in [2.45, 2.75) is 32.9 Å². The molecule has 10 heavy (non-hydrogen) atoms. The lowest BCUT2D eigenvalue weighted by Gasteiger charge is -2.19. The van der Waals surface area contributed by atoms with Gasteiger partial charge in [-0.3, -0.25) is 4.90 Å². The second-order valence-electron chi connectivity index (χ2n) is 3.69. The Balaban J connectivity index is 2.41. The van der Waals surface area contributed by atoms with Crippen LogP contribution >= 0.6 is 0 Å². The van der Waals surface area contributed by atoms with Gasteiger partial charge in [0, 0.05) is 25.2 Å². The lowest BCUT2D eigenvalue weighted by molar-refractivity contribution is 0.266. The molecule has 60 valence electrons. The molecule has 0 aromatic heterocycles. The first kappa shape index (κ1) is 8.02. The van der Waals surface area contributed by atoms with Crippen molar-refractivity contribution in [1.82, 2.24) is 4.90 Å². The number of rotatable bonds is 1. The fourth-order valence-electron chi connectivity index (χ4n) is 1.45. The Morgan fingerprint density at radius 2 is 2.00 bits per heavy atom.